The van der Waals surface area contributed by atoms with E-state index in [1.54, 1.807) is 0 Å². The summed E-state index contributed by atoms with van der Waals surface area (Å²) in [7, 11) is 0. The van der Waals surface area contributed by atoms with Gasteiger partial charge in [-0.15, -0.1) is 0 Å². The second-order valence-electron chi connectivity index (χ2n) is 4.27. The lowest BCUT2D eigenvalue weighted by Crippen LogP contribution is -2.35. The second kappa shape index (κ2) is 7.42. The van der Waals surface area contributed by atoms with Crippen LogP contribution in [0.4, 0.5) is 0 Å². The molecule has 1 unspecified atom stereocenters. The minimum absolute atomic E-state index is 0.289. The summed E-state index contributed by atoms with van der Waals surface area (Å²) in [5, 5.41) is 13.3. The van der Waals surface area contributed by atoms with Crippen molar-refractivity contribution in [2.75, 3.05) is 6.54 Å². The highest BCUT2D eigenvalue weighted by Gasteiger charge is 2.08. The van der Waals surface area contributed by atoms with Gasteiger partial charge in [-0.3, -0.25) is 0 Å². The van der Waals surface area contributed by atoms with Crippen LogP contribution in [-0.4, -0.2) is 23.8 Å². The molecule has 1 aromatic carbocycles. The van der Waals surface area contributed by atoms with E-state index in [2.05, 4.69) is 31.3 Å². The van der Waals surface area contributed by atoms with Gasteiger partial charge in [-0.1, -0.05) is 44.2 Å². The molecule has 90 valence electrons. The normalized spacial score (nSPS) is 13.0. The molecule has 0 spiro atoms. The highest BCUT2D eigenvalue weighted by Crippen LogP contribution is 2.03. The second-order valence-corrected chi connectivity index (χ2v) is 4.27. The molecule has 1 atom stereocenters. The van der Waals surface area contributed by atoms with Crippen LogP contribution in [0.25, 0.3) is 0 Å². The summed E-state index contributed by atoms with van der Waals surface area (Å²) in [6.07, 6.45) is 2.68. The fourth-order valence-electron chi connectivity index (χ4n) is 1.84. The molecule has 0 saturated heterocycles. The van der Waals surface area contributed by atoms with E-state index in [0.29, 0.717) is 12.6 Å². The molecule has 1 rings (SSSR count). The minimum atomic E-state index is -0.289. The van der Waals surface area contributed by atoms with E-state index >= 15 is 0 Å². The maximum Gasteiger partial charge on any atom is 0.0704 e. The minimum Gasteiger partial charge on any atom is -0.391 e. The van der Waals surface area contributed by atoms with Crippen molar-refractivity contribution < 1.29 is 5.11 Å². The average molecular weight is 221 g/mol. The topological polar surface area (TPSA) is 32.3 Å². The molecular weight excluding hydrogens is 198 g/mol. The number of hydrogen-bond acceptors (Lipinski definition) is 2. The van der Waals surface area contributed by atoms with Crippen LogP contribution >= 0.6 is 0 Å². The summed E-state index contributed by atoms with van der Waals surface area (Å²) in [4.78, 5) is 0. The van der Waals surface area contributed by atoms with Crippen molar-refractivity contribution in [1.29, 1.82) is 0 Å². The summed E-state index contributed by atoms with van der Waals surface area (Å²) in [5.74, 6) is 0. The van der Waals surface area contributed by atoms with Crippen LogP contribution in [0.1, 0.15) is 32.3 Å². The van der Waals surface area contributed by atoms with E-state index < -0.39 is 0 Å². The molecule has 0 aliphatic heterocycles. The van der Waals surface area contributed by atoms with E-state index in [9.17, 15) is 5.11 Å². The van der Waals surface area contributed by atoms with Crippen molar-refractivity contribution >= 4 is 0 Å². The van der Waals surface area contributed by atoms with Gasteiger partial charge in [-0.2, -0.15) is 0 Å². The Bertz CT molecular complexity index is 269. The lowest BCUT2D eigenvalue weighted by molar-refractivity contribution is 0.166. The van der Waals surface area contributed by atoms with Gasteiger partial charge in [0.15, 0.2) is 0 Å². The molecule has 0 fully saturated rings. The zero-order valence-electron chi connectivity index (χ0n) is 10.3. The van der Waals surface area contributed by atoms with Crippen LogP contribution in [0.5, 0.6) is 0 Å². The van der Waals surface area contributed by atoms with Gasteiger partial charge >= 0.3 is 0 Å². The molecule has 0 radical (unpaired) electrons. The number of aliphatic hydroxyl groups is 1. The van der Waals surface area contributed by atoms with Crippen LogP contribution in [0.3, 0.4) is 0 Å². The summed E-state index contributed by atoms with van der Waals surface area (Å²) in [6, 6.07) is 10.7. The van der Waals surface area contributed by atoms with Gasteiger partial charge in [0.2, 0.25) is 0 Å². The smallest absolute Gasteiger partial charge is 0.0704 e. The summed E-state index contributed by atoms with van der Waals surface area (Å²) >= 11 is 0. The number of rotatable bonds is 7. The van der Waals surface area contributed by atoms with Crippen molar-refractivity contribution in [1.82, 2.24) is 5.32 Å². The number of benzene rings is 1. The summed E-state index contributed by atoms with van der Waals surface area (Å²) < 4.78 is 0. The first kappa shape index (κ1) is 13.2. The Kier molecular flexibility index (Phi) is 6.12. The molecule has 2 N–H and O–H groups in total. The van der Waals surface area contributed by atoms with E-state index in [1.165, 1.54) is 5.56 Å². The quantitative estimate of drug-likeness (QED) is 0.741. The first-order valence-electron chi connectivity index (χ1n) is 6.21. The Hall–Kier alpha value is -0.860. The Morgan fingerprint density at radius 2 is 1.75 bits per heavy atom. The Morgan fingerprint density at radius 1 is 1.12 bits per heavy atom. The van der Waals surface area contributed by atoms with Crippen LogP contribution < -0.4 is 5.32 Å². The van der Waals surface area contributed by atoms with E-state index in [0.717, 1.165) is 19.3 Å². The van der Waals surface area contributed by atoms with Gasteiger partial charge in [0.1, 0.15) is 0 Å². The molecule has 0 aromatic heterocycles. The largest absolute Gasteiger partial charge is 0.391 e. The molecule has 2 nitrogen and oxygen atoms in total. The van der Waals surface area contributed by atoms with Gasteiger partial charge in [0, 0.05) is 12.6 Å². The summed E-state index contributed by atoms with van der Waals surface area (Å²) in [5.41, 5.74) is 1.20. The van der Waals surface area contributed by atoms with Gasteiger partial charge in [-0.25, -0.2) is 0 Å². The number of hydrogen-bond donors (Lipinski definition) is 2. The third kappa shape index (κ3) is 4.77. The SMILES string of the molecule is CCC(CC)NCC(O)Cc1ccccc1. The van der Waals surface area contributed by atoms with Crippen LogP contribution in [0.15, 0.2) is 30.3 Å². The fraction of sp³-hybridized carbons (Fsp3) is 0.571. The molecule has 0 aliphatic carbocycles. The Morgan fingerprint density at radius 3 is 2.31 bits per heavy atom. The lowest BCUT2D eigenvalue weighted by Gasteiger charge is -2.18. The predicted molar refractivity (Wildman–Crippen MR) is 68.5 cm³/mol. The molecule has 0 aliphatic rings. The van der Waals surface area contributed by atoms with E-state index in [1.807, 2.05) is 18.2 Å². The number of aliphatic hydroxyl groups excluding tert-OH is 1. The van der Waals surface area contributed by atoms with Crippen molar-refractivity contribution in [3.63, 3.8) is 0 Å². The van der Waals surface area contributed by atoms with Crippen molar-refractivity contribution in [3.05, 3.63) is 35.9 Å². The zero-order chi connectivity index (χ0) is 11.8. The Labute approximate surface area is 98.7 Å². The third-order valence-electron chi connectivity index (χ3n) is 2.94. The highest BCUT2D eigenvalue weighted by atomic mass is 16.3. The first-order valence-corrected chi connectivity index (χ1v) is 6.21. The third-order valence-corrected chi connectivity index (χ3v) is 2.94. The number of nitrogens with one attached hydrogen (secondary N) is 1. The average Bonchev–Trinajstić information content (AvgIpc) is 2.31. The molecule has 0 saturated carbocycles. The van der Waals surface area contributed by atoms with Crippen molar-refractivity contribution in [3.8, 4) is 0 Å². The summed E-state index contributed by atoms with van der Waals surface area (Å²) in [6.45, 7) is 5.02. The molecular formula is C14H23NO. The highest BCUT2D eigenvalue weighted by molar-refractivity contribution is 5.15. The molecule has 1 aromatic rings. The van der Waals surface area contributed by atoms with E-state index in [-0.39, 0.29) is 6.10 Å². The monoisotopic (exact) mass is 221 g/mol. The molecule has 0 bridgehead atoms. The van der Waals surface area contributed by atoms with E-state index in [4.69, 9.17) is 0 Å². The van der Waals surface area contributed by atoms with Gasteiger partial charge in [0.05, 0.1) is 6.10 Å². The van der Waals surface area contributed by atoms with Crippen LogP contribution in [0, 0.1) is 0 Å². The maximum atomic E-state index is 9.88. The van der Waals surface area contributed by atoms with Crippen LogP contribution in [-0.2, 0) is 6.42 Å². The molecule has 0 amide bonds. The van der Waals surface area contributed by atoms with Crippen molar-refractivity contribution in [2.45, 2.75) is 45.3 Å². The van der Waals surface area contributed by atoms with Gasteiger partial charge in [0.25, 0.3) is 0 Å². The van der Waals surface area contributed by atoms with Gasteiger partial charge in [-0.05, 0) is 24.8 Å². The molecule has 2 heteroatoms. The van der Waals surface area contributed by atoms with Crippen LogP contribution in [0.2, 0.25) is 0 Å². The molecule has 16 heavy (non-hydrogen) atoms. The Balaban J connectivity index is 2.28. The van der Waals surface area contributed by atoms with Gasteiger partial charge < -0.3 is 10.4 Å². The standard InChI is InChI=1S/C14H23NO/c1-3-13(4-2)15-11-14(16)10-12-8-6-5-7-9-12/h5-9,13-16H,3-4,10-11H2,1-2H3. The zero-order valence-corrected chi connectivity index (χ0v) is 10.3. The maximum absolute atomic E-state index is 9.88. The lowest BCUT2D eigenvalue weighted by atomic mass is 10.1. The van der Waals surface area contributed by atoms with Crippen molar-refractivity contribution in [2.24, 2.45) is 0 Å². The molecule has 0 heterocycles. The fourth-order valence-corrected chi connectivity index (χ4v) is 1.84. The predicted octanol–water partition coefficient (Wildman–Crippen LogP) is 2.37. The first-order chi connectivity index (χ1) is 7.76.